The molecule has 1 aliphatic heterocycles. The summed E-state index contributed by atoms with van der Waals surface area (Å²) in [7, 11) is 2.81. The third-order valence-corrected chi connectivity index (χ3v) is 6.62. The number of fused-ring (bicyclic) bond motifs is 1. The van der Waals surface area contributed by atoms with E-state index in [0.29, 0.717) is 24.5 Å². The molecule has 10 nitrogen and oxygen atoms in total. The van der Waals surface area contributed by atoms with Crippen LogP contribution in [-0.2, 0) is 25.5 Å². The average Bonchev–Trinajstić information content (AvgIpc) is 2.95. The first-order valence-electron chi connectivity index (χ1n) is 12.9. The Hall–Kier alpha value is -4.05. The van der Waals surface area contributed by atoms with Gasteiger partial charge in [-0.15, -0.1) is 0 Å². The summed E-state index contributed by atoms with van der Waals surface area (Å²) in [6.45, 7) is 2.34. The van der Waals surface area contributed by atoms with Crippen molar-refractivity contribution in [2.45, 2.75) is 38.3 Å². The number of carbonyl (C=O) groups is 4. The molecule has 11 heteroatoms. The fourth-order valence-corrected chi connectivity index (χ4v) is 4.20. The van der Waals surface area contributed by atoms with Crippen LogP contribution in [0.1, 0.15) is 35.7 Å². The molecule has 1 aliphatic rings. The summed E-state index contributed by atoms with van der Waals surface area (Å²) in [4.78, 5) is 53.1. The van der Waals surface area contributed by atoms with Crippen LogP contribution in [-0.4, -0.2) is 74.6 Å². The van der Waals surface area contributed by atoms with E-state index in [4.69, 9.17) is 25.8 Å². The number of nitrogens with zero attached hydrogens (tertiary/aromatic N) is 1. The predicted molar refractivity (Wildman–Crippen MR) is 149 cm³/mol. The van der Waals surface area contributed by atoms with Gasteiger partial charge in [-0.25, -0.2) is 4.79 Å². The number of nitrogens with one attached hydrogen (secondary N) is 2. The molecule has 3 rings (SSSR count). The highest BCUT2D eigenvalue weighted by atomic mass is 35.5. The molecule has 2 atom stereocenters. The number of ether oxygens (including phenoxy) is 3. The van der Waals surface area contributed by atoms with Crippen LogP contribution in [0.25, 0.3) is 0 Å². The average molecular weight is 572 g/mol. The summed E-state index contributed by atoms with van der Waals surface area (Å²) in [5.74, 6) is -1.03. The van der Waals surface area contributed by atoms with Crippen molar-refractivity contribution in [1.82, 2.24) is 15.5 Å². The Morgan fingerprint density at radius 1 is 1.07 bits per heavy atom. The van der Waals surface area contributed by atoms with Gasteiger partial charge in [0.05, 0.1) is 19.8 Å². The summed E-state index contributed by atoms with van der Waals surface area (Å²) in [5.41, 5.74) is 1.23. The Bertz CT molecular complexity index is 1230. The minimum absolute atomic E-state index is 0.00230. The van der Waals surface area contributed by atoms with E-state index < -0.39 is 29.9 Å². The largest absolute Gasteiger partial charge is 0.497 e. The summed E-state index contributed by atoms with van der Waals surface area (Å²) in [6, 6.07) is 10.1. The second-order valence-corrected chi connectivity index (χ2v) is 9.62. The van der Waals surface area contributed by atoms with E-state index in [1.165, 1.54) is 26.2 Å². The molecule has 0 saturated heterocycles. The Labute approximate surface area is 238 Å². The number of rotatable bonds is 5. The van der Waals surface area contributed by atoms with Gasteiger partial charge in [-0.3, -0.25) is 14.4 Å². The number of amides is 3. The van der Waals surface area contributed by atoms with Gasteiger partial charge in [-0.2, -0.15) is 0 Å². The van der Waals surface area contributed by atoms with E-state index >= 15 is 0 Å². The van der Waals surface area contributed by atoms with E-state index in [1.807, 2.05) is 24.3 Å². The summed E-state index contributed by atoms with van der Waals surface area (Å²) < 4.78 is 15.8. The highest BCUT2D eigenvalue weighted by Gasteiger charge is 2.27. The van der Waals surface area contributed by atoms with Crippen molar-refractivity contribution in [2.75, 3.05) is 33.9 Å². The number of hydrogen-bond donors (Lipinski definition) is 2. The lowest BCUT2D eigenvalue weighted by Gasteiger charge is -2.23. The van der Waals surface area contributed by atoms with E-state index in [2.05, 4.69) is 10.6 Å². The van der Waals surface area contributed by atoms with Gasteiger partial charge in [0.1, 0.15) is 30.2 Å². The van der Waals surface area contributed by atoms with Crippen LogP contribution in [0, 0.1) is 0 Å². The second-order valence-electron chi connectivity index (χ2n) is 9.18. The van der Waals surface area contributed by atoms with Gasteiger partial charge in [0, 0.05) is 24.5 Å². The summed E-state index contributed by atoms with van der Waals surface area (Å²) in [5, 5.41) is 5.58. The van der Waals surface area contributed by atoms with Crippen LogP contribution in [0.4, 0.5) is 0 Å². The molecule has 0 aromatic heterocycles. The molecule has 0 bridgehead atoms. The number of benzene rings is 2. The summed E-state index contributed by atoms with van der Waals surface area (Å²) in [6.07, 6.45) is 4.19. The summed E-state index contributed by atoms with van der Waals surface area (Å²) >= 11 is 6.12. The lowest BCUT2D eigenvalue weighted by Crippen LogP contribution is -2.51. The van der Waals surface area contributed by atoms with Crippen molar-refractivity contribution in [3.63, 3.8) is 0 Å². The van der Waals surface area contributed by atoms with Gasteiger partial charge < -0.3 is 29.7 Å². The van der Waals surface area contributed by atoms with Crippen LogP contribution in [0.3, 0.4) is 0 Å². The zero-order valence-electron chi connectivity index (χ0n) is 22.8. The van der Waals surface area contributed by atoms with E-state index in [1.54, 1.807) is 30.2 Å². The number of halogens is 1. The van der Waals surface area contributed by atoms with Crippen LogP contribution >= 0.6 is 11.6 Å². The van der Waals surface area contributed by atoms with Gasteiger partial charge in [-0.05, 0) is 61.7 Å². The third-order valence-electron chi connectivity index (χ3n) is 6.39. The minimum atomic E-state index is -1.06. The topological polar surface area (TPSA) is 123 Å². The Morgan fingerprint density at radius 3 is 2.52 bits per heavy atom. The fourth-order valence-electron chi connectivity index (χ4n) is 4.04. The monoisotopic (exact) mass is 571 g/mol. The highest BCUT2D eigenvalue weighted by Crippen LogP contribution is 2.24. The molecule has 1 heterocycles. The second kappa shape index (κ2) is 14.9. The molecule has 3 amide bonds. The molecule has 2 aromatic carbocycles. The van der Waals surface area contributed by atoms with E-state index in [-0.39, 0.29) is 36.7 Å². The molecule has 0 radical (unpaired) electrons. The molecular weight excluding hydrogens is 538 g/mol. The molecule has 0 fully saturated rings. The molecular formula is C29H34ClN3O7. The molecule has 0 spiro atoms. The fraction of sp³-hybridized carbons (Fsp3) is 0.379. The molecule has 0 aliphatic carbocycles. The van der Waals surface area contributed by atoms with Crippen molar-refractivity contribution in [2.24, 2.45) is 0 Å². The molecule has 40 heavy (non-hydrogen) atoms. The van der Waals surface area contributed by atoms with Crippen molar-refractivity contribution >= 4 is 35.3 Å². The minimum Gasteiger partial charge on any atom is -0.497 e. The first kappa shape index (κ1) is 30.5. The van der Waals surface area contributed by atoms with E-state index in [9.17, 15) is 19.2 Å². The van der Waals surface area contributed by atoms with Crippen molar-refractivity contribution < 1.29 is 33.4 Å². The van der Waals surface area contributed by atoms with Gasteiger partial charge in [0.15, 0.2) is 0 Å². The van der Waals surface area contributed by atoms with Crippen LogP contribution in [0.15, 0.2) is 54.6 Å². The maximum Gasteiger partial charge on any atom is 0.328 e. The molecule has 2 N–H and O–H groups in total. The number of carbonyl (C=O) groups excluding carboxylic acids is 4. The standard InChI is InChI=1S/C29H34ClN3O7/c1-19-27(35)32-24(29(37)39-3)12-13-26(34)33(16-14-20-6-9-22(38-2)10-7-20)15-4-5-17-40-25-18-21(30)8-11-23(25)28(36)31-19/h4-11,18-19,24H,12-17H2,1-3H3,(H,31,36)(H,32,35)/b5-4-/t19-,24?/m1/s1. The number of hydrogen-bond acceptors (Lipinski definition) is 7. The smallest absolute Gasteiger partial charge is 0.328 e. The van der Waals surface area contributed by atoms with Gasteiger partial charge in [0.25, 0.3) is 5.91 Å². The SMILES string of the molecule is COC(=O)C1CCC(=O)N(CCc2ccc(OC)cc2)C/C=C\COc2cc(Cl)ccc2C(=O)N[C@H](C)C(=O)N1. The lowest BCUT2D eigenvalue weighted by atomic mass is 10.1. The first-order valence-corrected chi connectivity index (χ1v) is 13.3. The van der Waals surface area contributed by atoms with Crippen molar-refractivity contribution in [1.29, 1.82) is 0 Å². The quantitative estimate of drug-likeness (QED) is 0.418. The maximum absolute atomic E-state index is 13.2. The Morgan fingerprint density at radius 2 is 1.82 bits per heavy atom. The molecule has 214 valence electrons. The number of esters is 1. The highest BCUT2D eigenvalue weighted by molar-refractivity contribution is 6.30. The van der Waals surface area contributed by atoms with Crippen LogP contribution in [0.2, 0.25) is 5.02 Å². The zero-order chi connectivity index (χ0) is 29.1. The zero-order valence-corrected chi connectivity index (χ0v) is 23.5. The van der Waals surface area contributed by atoms with Gasteiger partial charge >= 0.3 is 5.97 Å². The molecule has 2 aromatic rings. The van der Waals surface area contributed by atoms with Crippen LogP contribution in [0.5, 0.6) is 11.5 Å². The van der Waals surface area contributed by atoms with Gasteiger partial charge in [-0.1, -0.05) is 29.8 Å². The number of methoxy groups -OCH3 is 2. The third kappa shape index (κ3) is 8.74. The lowest BCUT2D eigenvalue weighted by molar-refractivity contribution is -0.145. The van der Waals surface area contributed by atoms with Crippen molar-refractivity contribution in [3.05, 3.63) is 70.8 Å². The van der Waals surface area contributed by atoms with Crippen molar-refractivity contribution in [3.8, 4) is 11.5 Å². The van der Waals surface area contributed by atoms with E-state index in [0.717, 1.165) is 11.3 Å². The predicted octanol–water partition coefficient (Wildman–Crippen LogP) is 2.92. The Balaban J connectivity index is 1.84. The van der Waals surface area contributed by atoms with Crippen LogP contribution < -0.4 is 20.1 Å². The first-order chi connectivity index (χ1) is 19.2. The molecule has 1 unspecified atom stereocenters. The normalized spacial score (nSPS) is 19.8. The Kier molecular flexibility index (Phi) is 11.4. The molecule has 0 saturated carbocycles. The van der Waals surface area contributed by atoms with Gasteiger partial charge in [0.2, 0.25) is 11.8 Å². The maximum atomic E-state index is 13.2.